The number of nitrogens with one attached hydrogen (secondary N) is 1. The summed E-state index contributed by atoms with van der Waals surface area (Å²) < 4.78 is 6.81. The Morgan fingerprint density at radius 3 is 2.81 bits per heavy atom. The highest BCUT2D eigenvalue weighted by molar-refractivity contribution is 9.10. The number of hydrogen-bond acceptors (Lipinski definition) is 2. The lowest BCUT2D eigenvalue weighted by atomic mass is 10.1. The predicted molar refractivity (Wildman–Crippen MR) is 72.0 cm³/mol. The van der Waals surface area contributed by atoms with Crippen LogP contribution in [0.2, 0.25) is 0 Å². The molecule has 0 amide bonds. The molecule has 2 rings (SSSR count). The molecule has 2 nitrogen and oxygen atoms in total. The number of rotatable bonds is 2. The zero-order chi connectivity index (χ0) is 10.9. The standard InChI is InChI=1S/C12H16BrNO.ClH/c1-12(2)8-15-11(14-12)7-9-4-3-5-10(13)6-9;/h3-6,11,14H,7-8H2,1-2H3;1H. The van der Waals surface area contributed by atoms with E-state index in [1.165, 1.54) is 5.56 Å². The highest BCUT2D eigenvalue weighted by atomic mass is 79.9. The molecule has 1 saturated heterocycles. The summed E-state index contributed by atoms with van der Waals surface area (Å²) in [5.74, 6) is 0. The van der Waals surface area contributed by atoms with Gasteiger partial charge in [-0.3, -0.25) is 5.32 Å². The molecule has 0 saturated carbocycles. The lowest BCUT2D eigenvalue weighted by molar-refractivity contribution is 0.0987. The van der Waals surface area contributed by atoms with E-state index in [0.29, 0.717) is 0 Å². The first kappa shape index (κ1) is 14.0. The molecule has 1 fully saturated rings. The van der Waals surface area contributed by atoms with Gasteiger partial charge < -0.3 is 4.74 Å². The summed E-state index contributed by atoms with van der Waals surface area (Å²) in [5.41, 5.74) is 1.40. The summed E-state index contributed by atoms with van der Waals surface area (Å²) in [5, 5.41) is 3.46. The highest BCUT2D eigenvalue weighted by Crippen LogP contribution is 2.19. The fourth-order valence-corrected chi connectivity index (χ4v) is 2.26. The second-order valence-corrected chi connectivity index (χ2v) is 5.58. The van der Waals surface area contributed by atoms with Gasteiger partial charge in [0.25, 0.3) is 0 Å². The van der Waals surface area contributed by atoms with Gasteiger partial charge in [-0.1, -0.05) is 28.1 Å². The summed E-state index contributed by atoms with van der Waals surface area (Å²) in [6.07, 6.45) is 1.07. The van der Waals surface area contributed by atoms with E-state index in [9.17, 15) is 0 Å². The zero-order valence-corrected chi connectivity index (χ0v) is 11.9. The van der Waals surface area contributed by atoms with Gasteiger partial charge in [-0.2, -0.15) is 0 Å². The van der Waals surface area contributed by atoms with Crippen LogP contribution in [0.25, 0.3) is 0 Å². The molecule has 4 heteroatoms. The Morgan fingerprint density at radius 2 is 2.25 bits per heavy atom. The van der Waals surface area contributed by atoms with Crippen LogP contribution in [0.15, 0.2) is 28.7 Å². The largest absolute Gasteiger partial charge is 0.361 e. The SMILES string of the molecule is CC1(C)COC(Cc2cccc(Br)c2)N1.Cl. The molecule has 90 valence electrons. The van der Waals surface area contributed by atoms with Crippen molar-refractivity contribution in [3.63, 3.8) is 0 Å². The van der Waals surface area contributed by atoms with Gasteiger partial charge in [0, 0.05) is 16.4 Å². The second-order valence-electron chi connectivity index (χ2n) is 4.66. The second kappa shape index (κ2) is 5.50. The molecule has 1 unspecified atom stereocenters. The first-order valence-electron chi connectivity index (χ1n) is 5.19. The Kier molecular flexibility index (Phi) is 4.80. The number of ether oxygens (including phenoxy) is 1. The minimum atomic E-state index is 0. The molecular weight excluding hydrogens is 289 g/mol. The van der Waals surface area contributed by atoms with Crippen LogP contribution in [-0.4, -0.2) is 18.4 Å². The molecule has 1 aliphatic heterocycles. The van der Waals surface area contributed by atoms with E-state index in [-0.39, 0.29) is 24.2 Å². The Hall–Kier alpha value is -0.0900. The lowest BCUT2D eigenvalue weighted by Crippen LogP contribution is -2.39. The monoisotopic (exact) mass is 305 g/mol. The maximum atomic E-state index is 5.69. The van der Waals surface area contributed by atoms with Crippen molar-refractivity contribution in [3.05, 3.63) is 34.3 Å². The molecule has 1 aliphatic rings. The molecule has 1 N–H and O–H groups in total. The van der Waals surface area contributed by atoms with Crippen LogP contribution in [0.5, 0.6) is 0 Å². The third-order valence-electron chi connectivity index (χ3n) is 2.51. The predicted octanol–water partition coefficient (Wildman–Crippen LogP) is 3.14. The summed E-state index contributed by atoms with van der Waals surface area (Å²) in [6.45, 7) is 5.10. The number of benzene rings is 1. The topological polar surface area (TPSA) is 21.3 Å². The van der Waals surface area contributed by atoms with Gasteiger partial charge in [-0.15, -0.1) is 12.4 Å². The van der Waals surface area contributed by atoms with Crippen LogP contribution in [0.3, 0.4) is 0 Å². The van der Waals surface area contributed by atoms with E-state index in [1.54, 1.807) is 0 Å². The molecule has 1 atom stereocenters. The average Bonchev–Trinajstić information content (AvgIpc) is 2.45. The van der Waals surface area contributed by atoms with Crippen molar-refractivity contribution in [1.82, 2.24) is 5.32 Å². The summed E-state index contributed by atoms with van der Waals surface area (Å²) in [6, 6.07) is 8.35. The van der Waals surface area contributed by atoms with E-state index >= 15 is 0 Å². The van der Waals surface area contributed by atoms with Crippen molar-refractivity contribution in [3.8, 4) is 0 Å². The minimum absolute atomic E-state index is 0. The first-order valence-corrected chi connectivity index (χ1v) is 5.98. The fraction of sp³-hybridized carbons (Fsp3) is 0.500. The van der Waals surface area contributed by atoms with Crippen LogP contribution in [0, 0.1) is 0 Å². The third-order valence-corrected chi connectivity index (χ3v) is 3.00. The molecule has 16 heavy (non-hydrogen) atoms. The lowest BCUT2D eigenvalue weighted by Gasteiger charge is -2.17. The summed E-state index contributed by atoms with van der Waals surface area (Å²) in [4.78, 5) is 0. The van der Waals surface area contributed by atoms with Gasteiger partial charge >= 0.3 is 0 Å². The third kappa shape index (κ3) is 3.74. The van der Waals surface area contributed by atoms with Crippen molar-refractivity contribution >= 4 is 28.3 Å². The Labute approximate surface area is 111 Å². The first-order chi connectivity index (χ1) is 7.05. The Morgan fingerprint density at radius 1 is 1.50 bits per heavy atom. The van der Waals surface area contributed by atoms with Crippen molar-refractivity contribution in [1.29, 1.82) is 0 Å². The van der Waals surface area contributed by atoms with Crippen molar-refractivity contribution in [2.24, 2.45) is 0 Å². The highest BCUT2D eigenvalue weighted by Gasteiger charge is 2.30. The van der Waals surface area contributed by atoms with Crippen LogP contribution in [-0.2, 0) is 11.2 Å². The Bertz CT molecular complexity index is 357. The molecule has 1 aromatic rings. The van der Waals surface area contributed by atoms with E-state index in [4.69, 9.17) is 4.74 Å². The van der Waals surface area contributed by atoms with Crippen molar-refractivity contribution < 1.29 is 4.74 Å². The molecule has 1 aromatic carbocycles. The maximum Gasteiger partial charge on any atom is 0.112 e. The molecule has 0 bridgehead atoms. The van der Waals surface area contributed by atoms with Crippen LogP contribution >= 0.6 is 28.3 Å². The van der Waals surface area contributed by atoms with Gasteiger partial charge in [0.2, 0.25) is 0 Å². The molecule has 0 aromatic heterocycles. The molecule has 0 radical (unpaired) electrons. The molecule has 0 spiro atoms. The smallest absolute Gasteiger partial charge is 0.112 e. The summed E-state index contributed by atoms with van der Waals surface area (Å²) in [7, 11) is 0. The van der Waals surface area contributed by atoms with E-state index < -0.39 is 0 Å². The minimum Gasteiger partial charge on any atom is -0.361 e. The van der Waals surface area contributed by atoms with Crippen LogP contribution in [0.1, 0.15) is 19.4 Å². The summed E-state index contributed by atoms with van der Waals surface area (Å²) >= 11 is 3.47. The van der Waals surface area contributed by atoms with Gasteiger partial charge in [0.05, 0.1) is 6.61 Å². The van der Waals surface area contributed by atoms with Crippen LogP contribution < -0.4 is 5.32 Å². The van der Waals surface area contributed by atoms with Crippen molar-refractivity contribution in [2.45, 2.75) is 32.0 Å². The van der Waals surface area contributed by atoms with E-state index in [1.807, 2.05) is 6.07 Å². The van der Waals surface area contributed by atoms with Gasteiger partial charge in [0.15, 0.2) is 0 Å². The molecule has 0 aliphatic carbocycles. The quantitative estimate of drug-likeness (QED) is 0.906. The number of hydrogen-bond donors (Lipinski definition) is 1. The van der Waals surface area contributed by atoms with Crippen LogP contribution in [0.4, 0.5) is 0 Å². The normalized spacial score (nSPS) is 22.8. The maximum absolute atomic E-state index is 5.69. The van der Waals surface area contributed by atoms with Gasteiger partial charge in [-0.05, 0) is 31.5 Å². The van der Waals surface area contributed by atoms with E-state index in [2.05, 4.69) is 53.3 Å². The Balaban J connectivity index is 0.00000128. The fourth-order valence-electron chi connectivity index (χ4n) is 1.82. The average molecular weight is 307 g/mol. The van der Waals surface area contributed by atoms with Crippen molar-refractivity contribution in [2.75, 3.05) is 6.61 Å². The molecule has 1 heterocycles. The van der Waals surface area contributed by atoms with Gasteiger partial charge in [0.1, 0.15) is 6.23 Å². The van der Waals surface area contributed by atoms with Gasteiger partial charge in [-0.25, -0.2) is 0 Å². The zero-order valence-electron chi connectivity index (χ0n) is 9.50. The van der Waals surface area contributed by atoms with E-state index in [0.717, 1.165) is 17.5 Å². The molecular formula is C12H17BrClNO. The number of halogens is 2.